The minimum absolute atomic E-state index is 0.0172. The lowest BCUT2D eigenvalue weighted by molar-refractivity contribution is -0.115. The van der Waals surface area contributed by atoms with E-state index in [1.807, 2.05) is 11.0 Å². The standard InChI is InChI=1S/C15H18N2O3/c18-9-10-3-5-17(6-4-10)15(20)11-1-2-13-12(7-11)8-14(19)16-13/h1-2,7,10,18H,3-6,8-9H2,(H,16,19). The number of amides is 2. The third-order valence-electron chi connectivity index (χ3n) is 4.14. The van der Waals surface area contributed by atoms with Gasteiger partial charge in [0.05, 0.1) is 6.42 Å². The molecule has 2 heterocycles. The molecule has 20 heavy (non-hydrogen) atoms. The summed E-state index contributed by atoms with van der Waals surface area (Å²) in [5.74, 6) is 0.317. The summed E-state index contributed by atoms with van der Waals surface area (Å²) in [6.45, 7) is 1.59. The Labute approximate surface area is 117 Å². The molecule has 2 aliphatic rings. The third kappa shape index (κ3) is 2.41. The Bertz CT molecular complexity index is 548. The number of aliphatic hydroxyl groups excluding tert-OH is 1. The summed E-state index contributed by atoms with van der Waals surface area (Å²) < 4.78 is 0. The number of hydrogen-bond donors (Lipinski definition) is 2. The van der Waals surface area contributed by atoms with Crippen LogP contribution in [0.2, 0.25) is 0 Å². The highest BCUT2D eigenvalue weighted by atomic mass is 16.3. The highest BCUT2D eigenvalue weighted by molar-refractivity contribution is 6.01. The van der Waals surface area contributed by atoms with Crippen molar-refractivity contribution in [3.8, 4) is 0 Å². The first-order chi connectivity index (χ1) is 9.67. The van der Waals surface area contributed by atoms with Crippen molar-refractivity contribution in [2.45, 2.75) is 19.3 Å². The van der Waals surface area contributed by atoms with Crippen LogP contribution in [0.4, 0.5) is 5.69 Å². The second-order valence-corrected chi connectivity index (χ2v) is 5.52. The topological polar surface area (TPSA) is 69.6 Å². The second-order valence-electron chi connectivity index (χ2n) is 5.52. The first-order valence-electron chi connectivity index (χ1n) is 7.00. The highest BCUT2D eigenvalue weighted by Crippen LogP contribution is 2.25. The molecule has 1 saturated heterocycles. The molecule has 0 aliphatic carbocycles. The van der Waals surface area contributed by atoms with Crippen molar-refractivity contribution in [2.24, 2.45) is 5.92 Å². The largest absolute Gasteiger partial charge is 0.396 e. The van der Waals surface area contributed by atoms with E-state index in [1.54, 1.807) is 12.1 Å². The maximum atomic E-state index is 12.4. The molecule has 2 aliphatic heterocycles. The normalized spacial score (nSPS) is 18.9. The molecule has 3 rings (SSSR count). The number of carbonyl (C=O) groups excluding carboxylic acids is 2. The molecule has 0 aromatic heterocycles. The van der Waals surface area contributed by atoms with Crippen LogP contribution in [-0.2, 0) is 11.2 Å². The summed E-state index contributed by atoms with van der Waals surface area (Å²) in [5.41, 5.74) is 2.35. The van der Waals surface area contributed by atoms with Gasteiger partial charge in [-0.2, -0.15) is 0 Å². The minimum Gasteiger partial charge on any atom is -0.396 e. The molecule has 1 aromatic rings. The van der Waals surface area contributed by atoms with E-state index < -0.39 is 0 Å². The number of fused-ring (bicyclic) bond motifs is 1. The highest BCUT2D eigenvalue weighted by Gasteiger charge is 2.25. The monoisotopic (exact) mass is 274 g/mol. The zero-order valence-corrected chi connectivity index (χ0v) is 11.3. The van der Waals surface area contributed by atoms with Crippen LogP contribution in [0.1, 0.15) is 28.8 Å². The maximum absolute atomic E-state index is 12.4. The van der Waals surface area contributed by atoms with Crippen LogP contribution < -0.4 is 5.32 Å². The number of benzene rings is 1. The molecule has 0 unspecified atom stereocenters. The van der Waals surface area contributed by atoms with E-state index in [1.165, 1.54) is 0 Å². The number of nitrogens with one attached hydrogen (secondary N) is 1. The van der Waals surface area contributed by atoms with Gasteiger partial charge >= 0.3 is 0 Å². The zero-order valence-electron chi connectivity index (χ0n) is 11.3. The van der Waals surface area contributed by atoms with Crippen molar-refractivity contribution in [3.63, 3.8) is 0 Å². The summed E-state index contributed by atoms with van der Waals surface area (Å²) in [6, 6.07) is 5.38. The Morgan fingerprint density at radius 1 is 1.35 bits per heavy atom. The van der Waals surface area contributed by atoms with Gasteiger partial charge in [-0.1, -0.05) is 0 Å². The lowest BCUT2D eigenvalue weighted by Crippen LogP contribution is -2.39. The van der Waals surface area contributed by atoms with E-state index in [2.05, 4.69) is 5.32 Å². The molecule has 0 atom stereocenters. The Kier molecular flexibility index (Phi) is 3.44. The molecule has 0 radical (unpaired) electrons. The molecule has 106 valence electrons. The first kappa shape index (κ1) is 13.1. The molecular formula is C15H18N2O3. The van der Waals surface area contributed by atoms with Gasteiger partial charge in [0, 0.05) is 30.9 Å². The van der Waals surface area contributed by atoms with Crippen LogP contribution in [-0.4, -0.2) is 41.5 Å². The number of likely N-dealkylation sites (tertiary alicyclic amines) is 1. The minimum atomic E-state index is -0.0200. The lowest BCUT2D eigenvalue weighted by Gasteiger charge is -2.31. The van der Waals surface area contributed by atoms with Gasteiger partial charge in [0.15, 0.2) is 0 Å². The van der Waals surface area contributed by atoms with E-state index in [9.17, 15) is 9.59 Å². The fraction of sp³-hybridized carbons (Fsp3) is 0.467. The number of carbonyl (C=O) groups is 2. The molecular weight excluding hydrogens is 256 g/mol. The van der Waals surface area contributed by atoms with Gasteiger partial charge in [-0.05, 0) is 42.5 Å². The maximum Gasteiger partial charge on any atom is 0.253 e. The van der Waals surface area contributed by atoms with Crippen LogP contribution >= 0.6 is 0 Å². The van der Waals surface area contributed by atoms with Gasteiger partial charge in [-0.3, -0.25) is 9.59 Å². The third-order valence-corrected chi connectivity index (χ3v) is 4.14. The fourth-order valence-electron chi connectivity index (χ4n) is 2.86. The number of rotatable bonds is 2. The van der Waals surface area contributed by atoms with Crippen molar-refractivity contribution in [3.05, 3.63) is 29.3 Å². The number of hydrogen-bond acceptors (Lipinski definition) is 3. The smallest absolute Gasteiger partial charge is 0.253 e. The van der Waals surface area contributed by atoms with Crippen LogP contribution in [0.15, 0.2) is 18.2 Å². The summed E-state index contributed by atoms with van der Waals surface area (Å²) in [4.78, 5) is 25.6. The van der Waals surface area contributed by atoms with Gasteiger partial charge in [-0.15, -0.1) is 0 Å². The quantitative estimate of drug-likeness (QED) is 0.846. The van der Waals surface area contributed by atoms with Crippen LogP contribution in [0, 0.1) is 5.92 Å². The molecule has 0 bridgehead atoms. The summed E-state index contributed by atoms with van der Waals surface area (Å²) in [6.07, 6.45) is 2.06. The molecule has 5 heteroatoms. The van der Waals surface area contributed by atoms with Crippen LogP contribution in [0.3, 0.4) is 0 Å². The predicted molar refractivity (Wildman–Crippen MR) is 74.5 cm³/mol. The average molecular weight is 274 g/mol. The van der Waals surface area contributed by atoms with E-state index in [0.29, 0.717) is 31.0 Å². The van der Waals surface area contributed by atoms with E-state index in [0.717, 1.165) is 24.1 Å². The number of piperidine rings is 1. The molecule has 1 aromatic carbocycles. The van der Waals surface area contributed by atoms with Crippen molar-refractivity contribution in [1.82, 2.24) is 4.90 Å². The SMILES string of the molecule is O=C1Cc2cc(C(=O)N3CCC(CO)CC3)ccc2N1. The van der Waals surface area contributed by atoms with Crippen molar-refractivity contribution in [1.29, 1.82) is 0 Å². The van der Waals surface area contributed by atoms with Gasteiger partial charge in [0.2, 0.25) is 5.91 Å². The molecule has 1 fully saturated rings. The molecule has 5 nitrogen and oxygen atoms in total. The Hall–Kier alpha value is -1.88. The summed E-state index contributed by atoms with van der Waals surface area (Å²) >= 11 is 0. The van der Waals surface area contributed by atoms with Gasteiger partial charge in [0.1, 0.15) is 0 Å². The average Bonchev–Trinajstić information content (AvgIpc) is 2.85. The number of aliphatic hydroxyl groups is 1. The first-order valence-corrected chi connectivity index (χ1v) is 7.00. The molecule has 2 N–H and O–H groups in total. The zero-order chi connectivity index (χ0) is 14.1. The molecule has 0 spiro atoms. The van der Waals surface area contributed by atoms with Crippen LogP contribution in [0.5, 0.6) is 0 Å². The van der Waals surface area contributed by atoms with Crippen molar-refractivity contribution >= 4 is 17.5 Å². The molecule has 0 saturated carbocycles. The van der Waals surface area contributed by atoms with E-state index in [4.69, 9.17) is 5.11 Å². The van der Waals surface area contributed by atoms with Crippen molar-refractivity contribution < 1.29 is 14.7 Å². The van der Waals surface area contributed by atoms with E-state index >= 15 is 0 Å². The lowest BCUT2D eigenvalue weighted by atomic mass is 9.97. The Morgan fingerprint density at radius 2 is 2.10 bits per heavy atom. The number of nitrogens with zero attached hydrogens (tertiary/aromatic N) is 1. The van der Waals surface area contributed by atoms with Gasteiger partial charge in [0.25, 0.3) is 5.91 Å². The van der Waals surface area contributed by atoms with Crippen LogP contribution in [0.25, 0.3) is 0 Å². The Balaban J connectivity index is 1.72. The van der Waals surface area contributed by atoms with E-state index in [-0.39, 0.29) is 18.4 Å². The summed E-state index contributed by atoms with van der Waals surface area (Å²) in [5, 5.41) is 11.9. The van der Waals surface area contributed by atoms with Gasteiger partial charge < -0.3 is 15.3 Å². The fourth-order valence-corrected chi connectivity index (χ4v) is 2.86. The Morgan fingerprint density at radius 3 is 2.80 bits per heavy atom. The predicted octanol–water partition coefficient (Wildman–Crippen LogP) is 1.03. The summed E-state index contributed by atoms with van der Waals surface area (Å²) in [7, 11) is 0. The molecule has 2 amide bonds. The second kappa shape index (κ2) is 5.25. The van der Waals surface area contributed by atoms with Crippen molar-refractivity contribution in [2.75, 3.05) is 25.0 Å². The van der Waals surface area contributed by atoms with Gasteiger partial charge in [-0.25, -0.2) is 0 Å². The number of anilines is 1.